The lowest BCUT2D eigenvalue weighted by atomic mass is 10.3. The molecular weight excluding hydrogens is 274 g/mol. The summed E-state index contributed by atoms with van der Waals surface area (Å²) in [4.78, 5) is 11.9. The molecule has 108 valence electrons. The van der Waals surface area contributed by atoms with Gasteiger partial charge in [-0.1, -0.05) is 5.16 Å². The number of carbonyl (C=O) groups is 1. The van der Waals surface area contributed by atoms with Gasteiger partial charge in [0, 0.05) is 18.9 Å². The van der Waals surface area contributed by atoms with Crippen LogP contribution in [0.3, 0.4) is 0 Å². The van der Waals surface area contributed by atoms with E-state index in [9.17, 15) is 4.79 Å². The Bertz CT molecular complexity index is 643. The number of hydrogen-bond acceptors (Lipinski definition) is 6. The summed E-state index contributed by atoms with van der Waals surface area (Å²) >= 11 is 0. The molecule has 0 aliphatic carbocycles. The van der Waals surface area contributed by atoms with E-state index in [1.54, 1.807) is 24.3 Å². The molecule has 0 saturated heterocycles. The number of amides is 1. The van der Waals surface area contributed by atoms with Crippen molar-refractivity contribution >= 4 is 11.6 Å². The van der Waals surface area contributed by atoms with Crippen LogP contribution in [0.2, 0.25) is 0 Å². The summed E-state index contributed by atoms with van der Waals surface area (Å²) in [5.41, 5.74) is 0.757. The number of nitrogens with zero attached hydrogens (tertiary/aromatic N) is 2. The van der Waals surface area contributed by atoms with Crippen LogP contribution in [0.4, 0.5) is 5.69 Å². The Labute approximate surface area is 121 Å². The van der Waals surface area contributed by atoms with Crippen molar-refractivity contribution in [2.24, 2.45) is 0 Å². The maximum absolute atomic E-state index is 11.9. The Balaban J connectivity index is 1.97. The summed E-state index contributed by atoms with van der Waals surface area (Å²) < 4.78 is 14.9. The molecule has 1 heterocycles. The van der Waals surface area contributed by atoms with Gasteiger partial charge in [-0.3, -0.25) is 4.79 Å². The average molecular weight is 287 g/mol. The van der Waals surface area contributed by atoms with Crippen LogP contribution in [0.25, 0.3) is 0 Å². The number of ether oxygens (including phenoxy) is 2. The third kappa shape index (κ3) is 4.06. The Morgan fingerprint density at radius 3 is 2.86 bits per heavy atom. The number of aromatic nitrogens is 1. The van der Waals surface area contributed by atoms with E-state index in [1.165, 1.54) is 13.2 Å². The van der Waals surface area contributed by atoms with E-state index in [4.69, 9.17) is 19.3 Å². The Morgan fingerprint density at radius 1 is 1.43 bits per heavy atom. The molecule has 2 aromatic rings. The predicted molar refractivity (Wildman–Crippen MR) is 72.7 cm³/mol. The third-order valence-electron chi connectivity index (χ3n) is 2.49. The van der Waals surface area contributed by atoms with E-state index in [-0.39, 0.29) is 24.8 Å². The lowest BCUT2D eigenvalue weighted by Crippen LogP contribution is -2.12. The zero-order chi connectivity index (χ0) is 15.1. The van der Waals surface area contributed by atoms with Gasteiger partial charge < -0.3 is 19.3 Å². The highest BCUT2D eigenvalue weighted by Gasteiger charge is 2.12. The summed E-state index contributed by atoms with van der Waals surface area (Å²) in [7, 11) is 1.53. The van der Waals surface area contributed by atoms with Gasteiger partial charge in [-0.25, -0.2) is 0 Å². The molecule has 7 nitrogen and oxygen atoms in total. The van der Waals surface area contributed by atoms with Gasteiger partial charge in [-0.05, 0) is 24.3 Å². The van der Waals surface area contributed by atoms with Crippen molar-refractivity contribution in [1.29, 1.82) is 5.26 Å². The molecule has 0 spiro atoms. The minimum absolute atomic E-state index is 0.0209. The molecule has 0 saturated carbocycles. The highest BCUT2D eigenvalue weighted by molar-refractivity contribution is 6.02. The smallest absolute Gasteiger partial charge is 0.277 e. The van der Waals surface area contributed by atoms with Crippen molar-refractivity contribution in [2.75, 3.05) is 19.0 Å². The van der Waals surface area contributed by atoms with Crippen molar-refractivity contribution in [2.45, 2.75) is 6.61 Å². The predicted octanol–water partition coefficient (Wildman–Crippen LogP) is 1.98. The lowest BCUT2D eigenvalue weighted by molar-refractivity contribution is 0.101. The quantitative estimate of drug-likeness (QED) is 0.872. The normalized spacial score (nSPS) is 9.90. The third-order valence-corrected chi connectivity index (χ3v) is 2.49. The van der Waals surface area contributed by atoms with E-state index in [0.717, 1.165) is 0 Å². The summed E-state index contributed by atoms with van der Waals surface area (Å²) in [6.45, 7) is 0.234. The fourth-order valence-electron chi connectivity index (χ4n) is 1.58. The van der Waals surface area contributed by atoms with E-state index >= 15 is 0 Å². The number of carbonyl (C=O) groups excluding carboxylic acids is 1. The van der Waals surface area contributed by atoms with E-state index in [2.05, 4.69) is 10.5 Å². The van der Waals surface area contributed by atoms with Gasteiger partial charge in [-0.15, -0.1) is 0 Å². The topological polar surface area (TPSA) is 97.4 Å². The number of nitrogens with one attached hydrogen (secondary N) is 1. The SMILES string of the molecule is COCc1cc(C(=O)Nc2ccc(OCC#N)cc2)no1. The Morgan fingerprint density at radius 2 is 2.19 bits per heavy atom. The summed E-state index contributed by atoms with van der Waals surface area (Å²) in [5, 5.41) is 14.7. The van der Waals surface area contributed by atoms with Crippen molar-refractivity contribution < 1.29 is 18.8 Å². The van der Waals surface area contributed by atoms with Crippen LogP contribution < -0.4 is 10.1 Å². The van der Waals surface area contributed by atoms with Crippen molar-refractivity contribution in [3.63, 3.8) is 0 Å². The maximum atomic E-state index is 11.9. The molecule has 1 amide bonds. The second kappa shape index (κ2) is 7.07. The monoisotopic (exact) mass is 287 g/mol. The van der Waals surface area contributed by atoms with Gasteiger partial charge in [0.2, 0.25) is 0 Å². The first-order valence-electron chi connectivity index (χ1n) is 6.08. The van der Waals surface area contributed by atoms with Gasteiger partial charge >= 0.3 is 0 Å². The van der Waals surface area contributed by atoms with Crippen LogP contribution in [0, 0.1) is 11.3 Å². The summed E-state index contributed by atoms with van der Waals surface area (Å²) in [6.07, 6.45) is 0. The van der Waals surface area contributed by atoms with Crippen LogP contribution in [0.1, 0.15) is 16.2 Å². The van der Waals surface area contributed by atoms with Crippen LogP contribution in [-0.2, 0) is 11.3 Å². The van der Waals surface area contributed by atoms with E-state index in [0.29, 0.717) is 17.2 Å². The molecule has 1 aromatic heterocycles. The number of rotatable bonds is 6. The van der Waals surface area contributed by atoms with Crippen LogP contribution in [0.15, 0.2) is 34.9 Å². The standard InChI is InChI=1S/C14H13N3O4/c1-19-9-12-8-13(17-21-12)14(18)16-10-2-4-11(5-3-10)20-7-6-15/h2-5,8H,7,9H2,1H3,(H,16,18). The molecule has 1 aromatic carbocycles. The zero-order valence-electron chi connectivity index (χ0n) is 11.3. The van der Waals surface area contributed by atoms with Crippen LogP contribution in [0.5, 0.6) is 5.75 Å². The first-order valence-corrected chi connectivity index (χ1v) is 6.08. The molecule has 21 heavy (non-hydrogen) atoms. The molecule has 0 aliphatic rings. The summed E-state index contributed by atoms with van der Waals surface area (Å²) in [6, 6.07) is 10.0. The van der Waals surface area contributed by atoms with Gasteiger partial charge in [0.1, 0.15) is 18.4 Å². The lowest BCUT2D eigenvalue weighted by Gasteiger charge is -2.04. The maximum Gasteiger partial charge on any atom is 0.277 e. The second-order valence-corrected chi connectivity index (χ2v) is 4.04. The second-order valence-electron chi connectivity index (χ2n) is 4.04. The molecule has 0 bridgehead atoms. The van der Waals surface area contributed by atoms with Crippen molar-refractivity contribution in [3.8, 4) is 11.8 Å². The minimum atomic E-state index is -0.383. The minimum Gasteiger partial charge on any atom is -0.479 e. The largest absolute Gasteiger partial charge is 0.479 e. The fourth-order valence-corrected chi connectivity index (χ4v) is 1.58. The Kier molecular flexibility index (Phi) is 4.90. The molecule has 2 rings (SSSR count). The molecule has 0 radical (unpaired) electrons. The highest BCUT2D eigenvalue weighted by Crippen LogP contribution is 2.16. The van der Waals surface area contributed by atoms with Gasteiger partial charge in [0.05, 0.1) is 0 Å². The van der Waals surface area contributed by atoms with E-state index in [1.807, 2.05) is 6.07 Å². The zero-order valence-corrected chi connectivity index (χ0v) is 11.3. The molecule has 7 heteroatoms. The van der Waals surface area contributed by atoms with E-state index < -0.39 is 0 Å². The van der Waals surface area contributed by atoms with Crippen LogP contribution in [-0.4, -0.2) is 24.8 Å². The fraction of sp³-hybridized carbons (Fsp3) is 0.214. The number of anilines is 1. The van der Waals surface area contributed by atoms with Crippen LogP contribution >= 0.6 is 0 Å². The number of hydrogen-bond donors (Lipinski definition) is 1. The number of methoxy groups -OCH3 is 1. The number of benzene rings is 1. The highest BCUT2D eigenvalue weighted by atomic mass is 16.5. The molecule has 0 fully saturated rings. The molecule has 0 unspecified atom stereocenters. The van der Waals surface area contributed by atoms with Crippen molar-refractivity contribution in [1.82, 2.24) is 5.16 Å². The van der Waals surface area contributed by atoms with Gasteiger partial charge in [0.25, 0.3) is 5.91 Å². The van der Waals surface area contributed by atoms with Gasteiger partial charge in [0.15, 0.2) is 18.1 Å². The molecular formula is C14H13N3O4. The Hall–Kier alpha value is -2.85. The number of nitriles is 1. The molecule has 0 atom stereocenters. The van der Waals surface area contributed by atoms with Gasteiger partial charge in [-0.2, -0.15) is 5.26 Å². The average Bonchev–Trinajstić information content (AvgIpc) is 2.96. The molecule has 1 N–H and O–H groups in total. The summed E-state index contributed by atoms with van der Waals surface area (Å²) in [5.74, 6) is 0.646. The first-order chi connectivity index (χ1) is 10.2. The van der Waals surface area contributed by atoms with Crippen molar-refractivity contribution in [3.05, 3.63) is 41.8 Å². The molecule has 0 aliphatic heterocycles. The first kappa shape index (κ1) is 14.6.